The molecule has 3 aromatic rings. The molecule has 1 aromatic carbocycles. The Morgan fingerprint density at radius 3 is 2.88 bits per heavy atom. The van der Waals surface area contributed by atoms with Gasteiger partial charge in [-0.15, -0.1) is 11.3 Å². The number of urea groups is 1. The third kappa shape index (κ3) is 3.62. The Bertz CT molecular complexity index is 1350. The second-order valence-corrected chi connectivity index (χ2v) is 9.50. The summed E-state index contributed by atoms with van der Waals surface area (Å²) in [7, 11) is 0. The lowest BCUT2D eigenvalue weighted by Crippen LogP contribution is -2.39. The van der Waals surface area contributed by atoms with Gasteiger partial charge >= 0.3 is 6.03 Å². The number of carbonyl (C=O) groups excluding carboxylic acids is 3. The molecule has 2 aliphatic heterocycles. The first-order valence-corrected chi connectivity index (χ1v) is 12.1. The fourth-order valence-corrected chi connectivity index (χ4v) is 5.65. The molecule has 4 amide bonds. The predicted octanol–water partition coefficient (Wildman–Crippen LogP) is 4.37. The SMILES string of the molecule is C=CC(=O)N1CC[C@@H](NC(=O)c2sc3nccc4c3c2NC(=O)N4c2ccc(CC)cc2C)C1. The molecule has 0 saturated carbocycles. The average molecular weight is 476 g/mol. The second-order valence-electron chi connectivity index (χ2n) is 8.50. The van der Waals surface area contributed by atoms with Gasteiger partial charge in [-0.1, -0.05) is 25.6 Å². The van der Waals surface area contributed by atoms with E-state index in [0.29, 0.717) is 40.6 Å². The van der Waals surface area contributed by atoms with E-state index in [2.05, 4.69) is 35.2 Å². The lowest BCUT2D eigenvalue weighted by Gasteiger charge is -2.29. The first-order valence-electron chi connectivity index (χ1n) is 11.3. The Balaban J connectivity index is 1.49. The lowest BCUT2D eigenvalue weighted by atomic mass is 10.1. The van der Waals surface area contributed by atoms with Crippen molar-refractivity contribution in [2.75, 3.05) is 23.3 Å². The molecule has 2 N–H and O–H groups in total. The number of amides is 4. The summed E-state index contributed by atoms with van der Waals surface area (Å²) in [6.45, 7) is 8.62. The molecule has 1 fully saturated rings. The molecular weight excluding hydrogens is 450 g/mol. The van der Waals surface area contributed by atoms with Gasteiger partial charge in [0.25, 0.3) is 5.91 Å². The Kier molecular flexibility index (Phi) is 5.57. The number of nitrogens with one attached hydrogen (secondary N) is 2. The number of carbonyl (C=O) groups is 3. The van der Waals surface area contributed by atoms with E-state index in [0.717, 1.165) is 23.1 Å². The van der Waals surface area contributed by atoms with Gasteiger partial charge in [0.15, 0.2) is 0 Å². The Hall–Kier alpha value is -3.72. The van der Waals surface area contributed by atoms with E-state index in [4.69, 9.17) is 0 Å². The van der Waals surface area contributed by atoms with Crippen LogP contribution in [0.15, 0.2) is 43.1 Å². The van der Waals surface area contributed by atoms with Crippen molar-refractivity contribution < 1.29 is 14.4 Å². The van der Waals surface area contributed by atoms with Gasteiger partial charge < -0.3 is 15.5 Å². The molecule has 1 saturated heterocycles. The summed E-state index contributed by atoms with van der Waals surface area (Å²) in [5.41, 5.74) is 4.18. The lowest BCUT2D eigenvalue weighted by molar-refractivity contribution is -0.125. The maximum Gasteiger partial charge on any atom is 0.331 e. The van der Waals surface area contributed by atoms with E-state index in [1.807, 2.05) is 25.1 Å². The number of rotatable bonds is 5. The smallest absolute Gasteiger partial charge is 0.331 e. The molecule has 0 unspecified atom stereocenters. The number of nitrogens with zero attached hydrogens (tertiary/aromatic N) is 3. The number of hydrogen-bond donors (Lipinski definition) is 2. The molecule has 1 atom stereocenters. The van der Waals surface area contributed by atoms with Crippen LogP contribution in [0, 0.1) is 6.92 Å². The van der Waals surface area contributed by atoms with Crippen LogP contribution in [-0.4, -0.2) is 46.9 Å². The molecule has 0 spiro atoms. The quantitative estimate of drug-likeness (QED) is 0.536. The Labute approximate surface area is 201 Å². The molecule has 0 aliphatic carbocycles. The number of thiophene rings is 1. The van der Waals surface area contributed by atoms with Crippen LogP contribution in [0.3, 0.4) is 0 Å². The van der Waals surface area contributed by atoms with Gasteiger partial charge in [-0.25, -0.2) is 9.78 Å². The van der Waals surface area contributed by atoms with Crippen molar-refractivity contribution in [2.45, 2.75) is 32.7 Å². The van der Waals surface area contributed by atoms with Crippen LogP contribution >= 0.6 is 11.3 Å². The van der Waals surface area contributed by atoms with Crippen molar-refractivity contribution in [3.05, 3.63) is 59.1 Å². The maximum absolute atomic E-state index is 13.3. The Morgan fingerprint density at radius 2 is 2.15 bits per heavy atom. The molecule has 0 bridgehead atoms. The number of aromatic nitrogens is 1. The zero-order valence-electron chi connectivity index (χ0n) is 19.1. The number of aryl methyl sites for hydroxylation is 2. The van der Waals surface area contributed by atoms with Crippen LogP contribution < -0.4 is 15.5 Å². The Morgan fingerprint density at radius 1 is 1.32 bits per heavy atom. The molecule has 4 heterocycles. The fraction of sp³-hybridized carbons (Fsp3) is 0.280. The van der Waals surface area contributed by atoms with E-state index < -0.39 is 0 Å². The average Bonchev–Trinajstić information content (AvgIpc) is 3.45. The summed E-state index contributed by atoms with van der Waals surface area (Å²) in [4.78, 5) is 47.2. The molecule has 9 heteroatoms. The molecule has 2 aliphatic rings. The van der Waals surface area contributed by atoms with Crippen molar-refractivity contribution in [1.82, 2.24) is 15.2 Å². The summed E-state index contributed by atoms with van der Waals surface area (Å²) in [5, 5.41) is 6.71. The van der Waals surface area contributed by atoms with E-state index >= 15 is 0 Å². The highest BCUT2D eigenvalue weighted by molar-refractivity contribution is 7.21. The highest BCUT2D eigenvalue weighted by Crippen LogP contribution is 2.46. The standard InChI is InChI=1S/C25H25N5O3S/c1-4-15-6-7-17(14(3)12-15)30-18-8-10-26-24-20(18)21(28-25(30)33)22(34-24)23(32)27-16-9-11-29(13-16)19(31)5-2/h5-8,10,12,16H,2,4,9,11,13H2,1,3H3,(H,27,32)(H,28,33)/t16-/m1/s1. The third-order valence-corrected chi connectivity index (χ3v) is 7.47. The minimum atomic E-state index is -0.316. The van der Waals surface area contributed by atoms with E-state index in [9.17, 15) is 14.4 Å². The predicted molar refractivity (Wildman–Crippen MR) is 134 cm³/mol. The summed E-state index contributed by atoms with van der Waals surface area (Å²) < 4.78 is 0. The second kappa shape index (κ2) is 8.57. The number of anilines is 3. The van der Waals surface area contributed by atoms with Gasteiger partial charge in [0.2, 0.25) is 5.91 Å². The van der Waals surface area contributed by atoms with Crippen molar-refractivity contribution >= 4 is 56.5 Å². The molecule has 2 aromatic heterocycles. The number of pyridine rings is 1. The minimum Gasteiger partial charge on any atom is -0.347 e. The summed E-state index contributed by atoms with van der Waals surface area (Å²) >= 11 is 1.25. The van der Waals surface area contributed by atoms with Crippen LogP contribution in [0.2, 0.25) is 0 Å². The van der Waals surface area contributed by atoms with Crippen molar-refractivity contribution in [3.8, 4) is 0 Å². The fourth-order valence-electron chi connectivity index (χ4n) is 4.63. The zero-order chi connectivity index (χ0) is 24.0. The van der Waals surface area contributed by atoms with Crippen LogP contribution in [0.5, 0.6) is 0 Å². The molecule has 174 valence electrons. The van der Waals surface area contributed by atoms with Crippen molar-refractivity contribution in [3.63, 3.8) is 0 Å². The van der Waals surface area contributed by atoms with E-state index in [-0.39, 0.29) is 23.9 Å². The van der Waals surface area contributed by atoms with Gasteiger partial charge in [-0.3, -0.25) is 14.5 Å². The van der Waals surface area contributed by atoms with Crippen LogP contribution in [0.4, 0.5) is 21.9 Å². The highest BCUT2D eigenvalue weighted by Gasteiger charge is 2.34. The topological polar surface area (TPSA) is 94.6 Å². The van der Waals surface area contributed by atoms with Crippen molar-refractivity contribution in [2.24, 2.45) is 0 Å². The maximum atomic E-state index is 13.3. The van der Waals surface area contributed by atoms with Gasteiger partial charge in [0.1, 0.15) is 9.71 Å². The van der Waals surface area contributed by atoms with Gasteiger partial charge in [-0.2, -0.15) is 0 Å². The highest BCUT2D eigenvalue weighted by atomic mass is 32.1. The minimum absolute atomic E-state index is 0.142. The van der Waals surface area contributed by atoms with Gasteiger partial charge in [-0.05, 0) is 49.1 Å². The van der Waals surface area contributed by atoms with Gasteiger partial charge in [0.05, 0.1) is 22.4 Å². The largest absolute Gasteiger partial charge is 0.347 e. The summed E-state index contributed by atoms with van der Waals surface area (Å²) in [5.74, 6) is -0.420. The van der Waals surface area contributed by atoms with E-state index in [1.54, 1.807) is 16.0 Å². The summed E-state index contributed by atoms with van der Waals surface area (Å²) in [6.07, 6.45) is 4.53. The van der Waals surface area contributed by atoms with Crippen LogP contribution in [-0.2, 0) is 11.2 Å². The van der Waals surface area contributed by atoms with Crippen molar-refractivity contribution in [1.29, 1.82) is 0 Å². The number of benzene rings is 1. The molecular formula is C25H25N5O3S. The first kappa shape index (κ1) is 22.1. The molecule has 8 nitrogen and oxygen atoms in total. The van der Waals surface area contributed by atoms with Gasteiger partial charge in [0, 0.05) is 25.3 Å². The zero-order valence-corrected chi connectivity index (χ0v) is 19.9. The monoisotopic (exact) mass is 475 g/mol. The first-order chi connectivity index (χ1) is 16.4. The normalized spacial score (nSPS) is 17.1. The molecule has 34 heavy (non-hydrogen) atoms. The number of hydrogen-bond acceptors (Lipinski definition) is 5. The molecule has 5 rings (SSSR count). The van der Waals surface area contributed by atoms with Crippen LogP contribution in [0.25, 0.3) is 10.2 Å². The van der Waals surface area contributed by atoms with E-state index in [1.165, 1.54) is 23.0 Å². The summed E-state index contributed by atoms with van der Waals surface area (Å²) in [6, 6.07) is 7.41. The van der Waals surface area contributed by atoms with Crippen LogP contribution in [0.1, 0.15) is 34.1 Å². The molecule has 0 radical (unpaired) electrons. The third-order valence-electron chi connectivity index (χ3n) is 6.37. The number of likely N-dealkylation sites (tertiary alicyclic amines) is 1.